The molecule has 1 amide bonds. The van der Waals surface area contributed by atoms with Crippen LogP contribution in [0.25, 0.3) is 10.4 Å². The van der Waals surface area contributed by atoms with Gasteiger partial charge in [-0.05, 0) is 36.2 Å². The summed E-state index contributed by atoms with van der Waals surface area (Å²) in [6.45, 7) is 2.20. The molecular weight excluding hydrogens is 390 g/mol. The fourth-order valence-electron chi connectivity index (χ4n) is 3.01. The highest BCUT2D eigenvalue weighted by Crippen LogP contribution is 2.36. The Balaban J connectivity index is 1.55. The van der Waals surface area contributed by atoms with Crippen molar-refractivity contribution in [2.24, 2.45) is 0 Å². The van der Waals surface area contributed by atoms with E-state index >= 15 is 0 Å². The van der Waals surface area contributed by atoms with Crippen LogP contribution in [-0.2, 0) is 16.0 Å². The maximum Gasteiger partial charge on any atom is 0.350 e. The molecule has 0 saturated carbocycles. The van der Waals surface area contributed by atoms with Crippen molar-refractivity contribution in [2.75, 3.05) is 18.7 Å². The summed E-state index contributed by atoms with van der Waals surface area (Å²) in [7, 11) is 0. The van der Waals surface area contributed by atoms with Gasteiger partial charge in [-0.15, -0.1) is 11.3 Å². The van der Waals surface area contributed by atoms with E-state index in [0.717, 1.165) is 16.0 Å². The topological polar surface area (TPSA) is 73.9 Å². The molecule has 7 heteroatoms. The summed E-state index contributed by atoms with van der Waals surface area (Å²) >= 11 is 1.30. The Kier molecular flexibility index (Phi) is 5.48. The van der Waals surface area contributed by atoms with Crippen molar-refractivity contribution in [2.45, 2.75) is 13.3 Å². The molecule has 1 N–H and O–H groups in total. The molecule has 6 nitrogen and oxygen atoms in total. The van der Waals surface area contributed by atoms with Gasteiger partial charge in [-0.1, -0.05) is 36.4 Å². The van der Waals surface area contributed by atoms with Gasteiger partial charge in [0.1, 0.15) is 4.88 Å². The fraction of sp³-hybridized carbons (Fsp3) is 0.182. The fourth-order valence-corrected chi connectivity index (χ4v) is 4.02. The average Bonchev–Trinajstić information content (AvgIpc) is 3.35. The number of carbonyl (C=O) groups excluding carboxylic acids is 2. The van der Waals surface area contributed by atoms with E-state index in [0.29, 0.717) is 22.1 Å². The number of rotatable bonds is 6. The first kappa shape index (κ1) is 19.0. The minimum absolute atomic E-state index is 0.148. The number of amides is 1. The van der Waals surface area contributed by atoms with Crippen molar-refractivity contribution >= 4 is 28.9 Å². The van der Waals surface area contributed by atoms with Crippen LogP contribution in [0.5, 0.6) is 11.5 Å². The van der Waals surface area contributed by atoms with Gasteiger partial charge < -0.3 is 19.5 Å². The van der Waals surface area contributed by atoms with Crippen LogP contribution in [0.4, 0.5) is 5.69 Å². The number of anilines is 1. The lowest BCUT2D eigenvalue weighted by Gasteiger charge is -2.07. The number of thiophene rings is 1. The van der Waals surface area contributed by atoms with E-state index in [1.165, 1.54) is 11.3 Å². The molecule has 2 heterocycles. The van der Waals surface area contributed by atoms with Crippen LogP contribution in [0.2, 0.25) is 0 Å². The van der Waals surface area contributed by atoms with E-state index in [1.54, 1.807) is 19.1 Å². The molecule has 0 bridgehead atoms. The van der Waals surface area contributed by atoms with Crippen molar-refractivity contribution in [3.05, 3.63) is 65.0 Å². The second-order valence-corrected chi connectivity index (χ2v) is 7.40. The lowest BCUT2D eigenvalue weighted by atomic mass is 10.1. The molecule has 0 aliphatic carbocycles. The van der Waals surface area contributed by atoms with E-state index in [-0.39, 0.29) is 25.7 Å². The average molecular weight is 409 g/mol. The molecule has 1 aliphatic heterocycles. The normalized spacial score (nSPS) is 11.9. The van der Waals surface area contributed by atoms with Crippen molar-refractivity contribution < 1.29 is 23.8 Å². The zero-order valence-corrected chi connectivity index (χ0v) is 16.6. The summed E-state index contributed by atoms with van der Waals surface area (Å²) in [5.74, 6) is 0.624. The van der Waals surface area contributed by atoms with Crippen molar-refractivity contribution in [3.63, 3.8) is 0 Å². The summed E-state index contributed by atoms with van der Waals surface area (Å²) in [6.07, 6.45) is 0.148. The number of hydrogen-bond donors (Lipinski definition) is 1. The molecule has 0 fully saturated rings. The monoisotopic (exact) mass is 409 g/mol. The summed E-state index contributed by atoms with van der Waals surface area (Å²) in [6, 6.07) is 16.9. The molecule has 1 aromatic heterocycles. The predicted molar refractivity (Wildman–Crippen MR) is 111 cm³/mol. The SMILES string of the molecule is CCOC(=O)c1sc(-c2ccccc2)cc1NC(=O)Cc1ccc2c(c1)OCO2. The maximum absolute atomic E-state index is 12.6. The van der Waals surface area contributed by atoms with Crippen LogP contribution in [0.15, 0.2) is 54.6 Å². The van der Waals surface area contributed by atoms with Gasteiger partial charge in [-0.3, -0.25) is 4.79 Å². The minimum atomic E-state index is -0.446. The molecule has 2 aromatic carbocycles. The maximum atomic E-state index is 12.6. The molecule has 1 aliphatic rings. The molecule has 0 unspecified atom stereocenters. The summed E-state index contributed by atoms with van der Waals surface area (Å²) < 4.78 is 15.8. The number of benzene rings is 2. The number of hydrogen-bond acceptors (Lipinski definition) is 6. The molecular formula is C22H19NO5S. The van der Waals surface area contributed by atoms with Gasteiger partial charge >= 0.3 is 5.97 Å². The van der Waals surface area contributed by atoms with Crippen LogP contribution in [0.3, 0.4) is 0 Å². The Morgan fingerprint density at radius 3 is 2.66 bits per heavy atom. The zero-order valence-electron chi connectivity index (χ0n) is 15.8. The van der Waals surface area contributed by atoms with Gasteiger partial charge in [0.25, 0.3) is 0 Å². The largest absolute Gasteiger partial charge is 0.462 e. The van der Waals surface area contributed by atoms with Crippen LogP contribution >= 0.6 is 11.3 Å². The third kappa shape index (κ3) is 4.25. The van der Waals surface area contributed by atoms with Gasteiger partial charge in [0.15, 0.2) is 11.5 Å². The standard InChI is InChI=1S/C22H19NO5S/c1-2-26-22(25)21-16(12-19(29-21)15-6-4-3-5-7-15)23-20(24)11-14-8-9-17-18(10-14)28-13-27-17/h3-10,12H,2,11,13H2,1H3,(H,23,24). The van der Waals surface area contributed by atoms with Gasteiger partial charge in [0, 0.05) is 4.88 Å². The Hall–Kier alpha value is -3.32. The number of fused-ring (bicyclic) bond motifs is 1. The predicted octanol–water partition coefficient (Wildman–Crippen LogP) is 4.50. The second kappa shape index (κ2) is 8.36. The second-order valence-electron chi connectivity index (χ2n) is 6.35. The number of esters is 1. The number of carbonyl (C=O) groups is 2. The summed E-state index contributed by atoms with van der Waals surface area (Å²) in [5, 5.41) is 2.85. The Bertz CT molecular complexity index is 1040. The van der Waals surface area contributed by atoms with Crippen LogP contribution in [-0.4, -0.2) is 25.3 Å². The lowest BCUT2D eigenvalue weighted by Crippen LogP contribution is -2.16. The van der Waals surface area contributed by atoms with Gasteiger partial charge in [0.2, 0.25) is 12.7 Å². The number of nitrogens with one attached hydrogen (secondary N) is 1. The van der Waals surface area contributed by atoms with E-state index in [2.05, 4.69) is 5.32 Å². The summed E-state index contributed by atoms with van der Waals surface area (Å²) in [5.41, 5.74) is 2.22. The summed E-state index contributed by atoms with van der Waals surface area (Å²) in [4.78, 5) is 26.3. The molecule has 0 saturated heterocycles. The Labute approximate surface area is 172 Å². The highest BCUT2D eigenvalue weighted by Gasteiger charge is 2.21. The van der Waals surface area contributed by atoms with Crippen molar-refractivity contribution in [3.8, 4) is 21.9 Å². The molecule has 0 spiro atoms. The van der Waals surface area contributed by atoms with E-state index in [1.807, 2.05) is 42.5 Å². The zero-order chi connectivity index (χ0) is 20.2. The molecule has 4 rings (SSSR count). The van der Waals surface area contributed by atoms with Crippen LogP contribution < -0.4 is 14.8 Å². The lowest BCUT2D eigenvalue weighted by molar-refractivity contribution is -0.115. The molecule has 3 aromatic rings. The van der Waals surface area contributed by atoms with Gasteiger partial charge in [-0.2, -0.15) is 0 Å². The molecule has 148 valence electrons. The van der Waals surface area contributed by atoms with Crippen LogP contribution in [0.1, 0.15) is 22.2 Å². The third-order valence-corrected chi connectivity index (χ3v) is 5.49. The highest BCUT2D eigenvalue weighted by atomic mass is 32.1. The van der Waals surface area contributed by atoms with Gasteiger partial charge in [-0.25, -0.2) is 4.79 Å². The quantitative estimate of drug-likeness (QED) is 0.607. The highest BCUT2D eigenvalue weighted by molar-refractivity contribution is 7.18. The molecule has 0 radical (unpaired) electrons. The van der Waals surface area contributed by atoms with Crippen LogP contribution in [0, 0.1) is 0 Å². The minimum Gasteiger partial charge on any atom is -0.462 e. The van der Waals surface area contributed by atoms with E-state index in [4.69, 9.17) is 14.2 Å². The van der Waals surface area contributed by atoms with E-state index < -0.39 is 5.97 Å². The van der Waals surface area contributed by atoms with Crippen molar-refractivity contribution in [1.29, 1.82) is 0 Å². The van der Waals surface area contributed by atoms with Crippen molar-refractivity contribution in [1.82, 2.24) is 0 Å². The van der Waals surface area contributed by atoms with E-state index in [9.17, 15) is 9.59 Å². The molecule has 0 atom stereocenters. The number of ether oxygens (including phenoxy) is 3. The third-order valence-electron chi connectivity index (χ3n) is 4.33. The first-order valence-electron chi connectivity index (χ1n) is 9.19. The Morgan fingerprint density at radius 1 is 1.07 bits per heavy atom. The molecule has 29 heavy (non-hydrogen) atoms. The first-order chi connectivity index (χ1) is 14.1. The Morgan fingerprint density at radius 2 is 1.86 bits per heavy atom. The van der Waals surface area contributed by atoms with Gasteiger partial charge in [0.05, 0.1) is 18.7 Å². The first-order valence-corrected chi connectivity index (χ1v) is 10.0. The smallest absolute Gasteiger partial charge is 0.350 e.